The molecule has 0 spiro atoms. The van der Waals surface area contributed by atoms with Gasteiger partial charge < -0.3 is 9.47 Å². The number of rotatable bonds is 8. The van der Waals surface area contributed by atoms with Gasteiger partial charge in [-0.05, 0) is 49.4 Å². The number of carbonyl (C=O) groups excluding carboxylic acids is 3. The quantitative estimate of drug-likeness (QED) is 0.319. The second-order valence-electron chi connectivity index (χ2n) is 7.05. The molecule has 1 heterocycles. The number of Topliss-reactive ketones (excluding diaryl/α,β-unsaturated/α-hetero) is 1. The zero-order valence-corrected chi connectivity index (χ0v) is 18.9. The van der Waals surface area contributed by atoms with Crippen molar-refractivity contribution in [3.63, 3.8) is 0 Å². The van der Waals surface area contributed by atoms with Crippen LogP contribution in [0.1, 0.15) is 35.5 Å². The summed E-state index contributed by atoms with van der Waals surface area (Å²) in [6.07, 6.45) is -4.56. The summed E-state index contributed by atoms with van der Waals surface area (Å²) < 4.78 is 49.6. The molecule has 0 unspecified atom stereocenters. The van der Waals surface area contributed by atoms with Crippen LogP contribution >= 0.6 is 11.3 Å². The van der Waals surface area contributed by atoms with E-state index in [0.717, 1.165) is 28.4 Å². The zero-order valence-electron chi connectivity index (χ0n) is 18.1. The van der Waals surface area contributed by atoms with Crippen LogP contribution in [0.2, 0.25) is 0 Å². The number of benzene rings is 2. The van der Waals surface area contributed by atoms with Crippen LogP contribution in [0.15, 0.2) is 53.9 Å². The Bertz CT molecular complexity index is 1190. The highest BCUT2D eigenvalue weighted by Crippen LogP contribution is 2.35. The van der Waals surface area contributed by atoms with E-state index in [1.807, 2.05) is 0 Å². The standard InChI is InChI=1S/C23H19F3N2O5S/c1-14(29)16-6-8-20(9-7-16)32-12-21(31)33-11-18-13-34-22(27-18)28(15(2)30)19-5-3-4-17(10-19)23(24,25)26/h3-10,13H,11-12H2,1-2H3. The fraction of sp³-hybridized carbons (Fsp3) is 0.217. The van der Waals surface area contributed by atoms with E-state index in [1.54, 1.807) is 24.3 Å². The summed E-state index contributed by atoms with van der Waals surface area (Å²) in [6, 6.07) is 10.6. The summed E-state index contributed by atoms with van der Waals surface area (Å²) in [5.74, 6) is -0.908. The molecule has 0 aliphatic heterocycles. The number of ether oxygens (including phenoxy) is 2. The Morgan fingerprint density at radius 3 is 2.38 bits per heavy atom. The lowest BCUT2D eigenvalue weighted by molar-refractivity contribution is -0.147. The fourth-order valence-electron chi connectivity index (χ4n) is 2.84. The summed E-state index contributed by atoms with van der Waals surface area (Å²) in [5, 5.41) is 1.67. The van der Waals surface area contributed by atoms with Gasteiger partial charge in [0.05, 0.1) is 16.9 Å². The van der Waals surface area contributed by atoms with Gasteiger partial charge in [0, 0.05) is 17.9 Å². The molecule has 1 aromatic heterocycles. The van der Waals surface area contributed by atoms with Crippen molar-refractivity contribution in [3.8, 4) is 5.75 Å². The first-order valence-electron chi connectivity index (χ1n) is 9.86. The smallest absolute Gasteiger partial charge is 0.416 e. The number of halogens is 3. The van der Waals surface area contributed by atoms with Crippen LogP contribution in [-0.2, 0) is 27.1 Å². The number of hydrogen-bond acceptors (Lipinski definition) is 7. The maximum absolute atomic E-state index is 13.0. The molecule has 0 N–H and O–H groups in total. The predicted octanol–water partition coefficient (Wildman–Crippen LogP) is 5.17. The molecule has 0 radical (unpaired) electrons. The van der Waals surface area contributed by atoms with Crippen LogP contribution in [-0.4, -0.2) is 29.3 Å². The molecule has 0 fully saturated rings. The van der Waals surface area contributed by atoms with Gasteiger partial charge in [0.15, 0.2) is 17.5 Å². The third-order valence-corrected chi connectivity index (χ3v) is 5.35. The van der Waals surface area contributed by atoms with Crippen LogP contribution in [0.3, 0.4) is 0 Å². The lowest BCUT2D eigenvalue weighted by Crippen LogP contribution is -2.23. The van der Waals surface area contributed by atoms with Gasteiger partial charge in [-0.2, -0.15) is 13.2 Å². The van der Waals surface area contributed by atoms with Crippen molar-refractivity contribution in [1.29, 1.82) is 0 Å². The molecule has 1 amide bonds. The van der Waals surface area contributed by atoms with Crippen LogP contribution in [0.5, 0.6) is 5.75 Å². The summed E-state index contributed by atoms with van der Waals surface area (Å²) in [4.78, 5) is 40.7. The first-order chi connectivity index (χ1) is 16.0. The third kappa shape index (κ3) is 6.41. The molecule has 3 rings (SSSR count). The molecule has 7 nitrogen and oxygen atoms in total. The first kappa shape index (κ1) is 24.9. The van der Waals surface area contributed by atoms with Crippen molar-refractivity contribution in [1.82, 2.24) is 4.98 Å². The van der Waals surface area contributed by atoms with Crippen LogP contribution < -0.4 is 9.64 Å². The number of nitrogens with zero attached hydrogens (tertiary/aromatic N) is 2. The maximum atomic E-state index is 13.0. The van der Waals surface area contributed by atoms with Crippen LogP contribution in [0, 0.1) is 0 Å². The topological polar surface area (TPSA) is 85.8 Å². The minimum Gasteiger partial charge on any atom is -0.482 e. The van der Waals surface area contributed by atoms with Crippen molar-refractivity contribution < 1.29 is 37.0 Å². The van der Waals surface area contributed by atoms with Gasteiger partial charge in [0.25, 0.3) is 0 Å². The summed E-state index contributed by atoms with van der Waals surface area (Å²) in [7, 11) is 0. The highest BCUT2D eigenvalue weighted by atomic mass is 32.1. The Morgan fingerprint density at radius 2 is 1.76 bits per heavy atom. The van der Waals surface area contributed by atoms with E-state index in [0.29, 0.717) is 17.0 Å². The van der Waals surface area contributed by atoms with Crippen molar-refractivity contribution in [2.75, 3.05) is 11.5 Å². The number of aromatic nitrogens is 1. The van der Waals surface area contributed by atoms with E-state index >= 15 is 0 Å². The van der Waals surface area contributed by atoms with Crippen molar-refractivity contribution >= 4 is 39.8 Å². The second-order valence-corrected chi connectivity index (χ2v) is 7.89. The number of esters is 1. The summed E-state index contributed by atoms with van der Waals surface area (Å²) in [6.45, 7) is 2.06. The molecule has 0 saturated heterocycles. The predicted molar refractivity (Wildman–Crippen MR) is 118 cm³/mol. The molecule has 3 aromatic rings. The van der Waals surface area contributed by atoms with E-state index in [1.165, 1.54) is 31.4 Å². The molecule has 178 valence electrons. The number of anilines is 2. The van der Waals surface area contributed by atoms with Gasteiger partial charge in [-0.1, -0.05) is 6.07 Å². The third-order valence-electron chi connectivity index (χ3n) is 4.48. The molecule has 0 atom stereocenters. The molecule has 0 saturated carbocycles. The zero-order chi connectivity index (χ0) is 24.9. The average Bonchev–Trinajstić information content (AvgIpc) is 3.24. The van der Waals surface area contributed by atoms with Gasteiger partial charge in [0.1, 0.15) is 12.4 Å². The van der Waals surface area contributed by atoms with Crippen LogP contribution in [0.25, 0.3) is 0 Å². The maximum Gasteiger partial charge on any atom is 0.416 e. The SMILES string of the molecule is CC(=O)c1ccc(OCC(=O)OCc2csc(N(C(C)=O)c3cccc(C(F)(F)F)c3)n2)cc1. The van der Waals surface area contributed by atoms with E-state index in [2.05, 4.69) is 4.98 Å². The highest BCUT2D eigenvalue weighted by Gasteiger charge is 2.31. The van der Waals surface area contributed by atoms with E-state index in [-0.39, 0.29) is 29.8 Å². The number of alkyl halides is 3. The largest absolute Gasteiger partial charge is 0.482 e. The monoisotopic (exact) mass is 492 g/mol. The summed E-state index contributed by atoms with van der Waals surface area (Å²) >= 11 is 1.02. The molecule has 0 bridgehead atoms. The van der Waals surface area contributed by atoms with E-state index < -0.39 is 23.6 Å². The Kier molecular flexibility index (Phi) is 7.67. The summed E-state index contributed by atoms with van der Waals surface area (Å²) in [5.41, 5.74) is -0.0429. The second kappa shape index (κ2) is 10.5. The van der Waals surface area contributed by atoms with Crippen molar-refractivity contribution in [2.24, 2.45) is 0 Å². The molecule has 0 aliphatic carbocycles. The van der Waals surface area contributed by atoms with Crippen molar-refractivity contribution in [2.45, 2.75) is 26.6 Å². The minimum absolute atomic E-state index is 0.0180. The average molecular weight is 492 g/mol. The van der Waals surface area contributed by atoms with Crippen molar-refractivity contribution in [3.05, 3.63) is 70.7 Å². The molecule has 34 heavy (non-hydrogen) atoms. The Hall–Kier alpha value is -3.73. The normalized spacial score (nSPS) is 11.1. The number of carbonyl (C=O) groups is 3. The Labute approximate surface area is 196 Å². The minimum atomic E-state index is -4.56. The van der Waals surface area contributed by atoms with Gasteiger partial charge in [-0.25, -0.2) is 9.78 Å². The molecule has 2 aromatic carbocycles. The number of amides is 1. The van der Waals surface area contributed by atoms with Crippen LogP contribution in [0.4, 0.5) is 24.0 Å². The number of thiazole rings is 1. The van der Waals surface area contributed by atoms with Gasteiger partial charge in [-0.3, -0.25) is 14.5 Å². The van der Waals surface area contributed by atoms with Gasteiger partial charge >= 0.3 is 12.1 Å². The molecular weight excluding hydrogens is 473 g/mol. The molecule has 11 heteroatoms. The fourth-order valence-corrected chi connectivity index (χ4v) is 3.71. The van der Waals surface area contributed by atoms with E-state index in [4.69, 9.17) is 9.47 Å². The lowest BCUT2D eigenvalue weighted by Gasteiger charge is -2.19. The van der Waals surface area contributed by atoms with Gasteiger partial charge in [0.2, 0.25) is 5.91 Å². The number of ketones is 1. The van der Waals surface area contributed by atoms with E-state index in [9.17, 15) is 27.6 Å². The molecular formula is C23H19F3N2O5S. The Morgan fingerprint density at radius 1 is 1.06 bits per heavy atom. The first-order valence-corrected chi connectivity index (χ1v) is 10.7. The lowest BCUT2D eigenvalue weighted by atomic mass is 10.1. The Balaban J connectivity index is 1.61. The highest BCUT2D eigenvalue weighted by molar-refractivity contribution is 7.14. The number of hydrogen-bond donors (Lipinski definition) is 0. The van der Waals surface area contributed by atoms with Gasteiger partial charge in [-0.15, -0.1) is 11.3 Å². The molecule has 0 aliphatic rings.